The van der Waals surface area contributed by atoms with Crippen molar-refractivity contribution in [2.24, 2.45) is 0 Å². The number of H-pyrrole nitrogens is 1. The zero-order valence-electron chi connectivity index (χ0n) is 21.9. The maximum Gasteiger partial charge on any atom is 0.274 e. The van der Waals surface area contributed by atoms with Crippen molar-refractivity contribution in [3.63, 3.8) is 0 Å². The third kappa shape index (κ3) is 4.33. The number of nitrogens with zero attached hydrogens (tertiary/aromatic N) is 5. The molecule has 10 heteroatoms. The third-order valence-electron chi connectivity index (χ3n) is 7.19. The first-order chi connectivity index (χ1) is 19.0. The van der Waals surface area contributed by atoms with Crippen molar-refractivity contribution >= 4 is 28.4 Å². The van der Waals surface area contributed by atoms with Gasteiger partial charge in [-0.25, -0.2) is 9.50 Å². The lowest BCUT2D eigenvalue weighted by molar-refractivity contribution is 0.0408. The summed E-state index contributed by atoms with van der Waals surface area (Å²) in [6.45, 7) is 3.22. The first kappa shape index (κ1) is 24.5. The predicted molar refractivity (Wildman–Crippen MR) is 146 cm³/mol. The molecule has 1 aliphatic rings. The molecule has 1 N–H and O–H groups in total. The van der Waals surface area contributed by atoms with Crippen LogP contribution in [-0.4, -0.2) is 81.1 Å². The Morgan fingerprint density at radius 3 is 2.54 bits per heavy atom. The second-order valence-corrected chi connectivity index (χ2v) is 9.57. The first-order valence-corrected chi connectivity index (χ1v) is 12.7. The molecule has 2 aromatic carbocycles. The summed E-state index contributed by atoms with van der Waals surface area (Å²) in [4.78, 5) is 37.9. The van der Waals surface area contributed by atoms with E-state index in [9.17, 15) is 9.59 Å². The first-order valence-electron chi connectivity index (χ1n) is 12.7. The van der Waals surface area contributed by atoms with E-state index < -0.39 is 0 Å². The number of hydrogen-bond donors (Lipinski definition) is 1. The Balaban J connectivity index is 1.21. The van der Waals surface area contributed by atoms with Crippen LogP contribution in [0.5, 0.6) is 11.5 Å². The van der Waals surface area contributed by atoms with E-state index in [0.29, 0.717) is 48.2 Å². The molecule has 39 heavy (non-hydrogen) atoms. The number of piperazine rings is 1. The van der Waals surface area contributed by atoms with Gasteiger partial charge in [-0.2, -0.15) is 5.10 Å². The van der Waals surface area contributed by atoms with Crippen molar-refractivity contribution in [1.82, 2.24) is 29.4 Å². The predicted octanol–water partition coefficient (Wildman–Crippen LogP) is 3.88. The largest absolute Gasteiger partial charge is 0.493 e. The van der Waals surface area contributed by atoms with Crippen molar-refractivity contribution < 1.29 is 19.1 Å². The average Bonchev–Trinajstić information content (AvgIpc) is 3.60. The Hall–Kier alpha value is -4.86. The number of aromatic amines is 1. The quantitative estimate of drug-likeness (QED) is 0.374. The minimum absolute atomic E-state index is 0.0673. The van der Waals surface area contributed by atoms with Crippen LogP contribution in [0.4, 0.5) is 0 Å². The molecule has 2 amide bonds. The lowest BCUT2D eigenvalue weighted by Gasteiger charge is -2.39. The molecule has 0 radical (unpaired) electrons. The normalized spacial score (nSPS) is 15.6. The highest BCUT2D eigenvalue weighted by Gasteiger charge is 2.32. The number of benzene rings is 2. The van der Waals surface area contributed by atoms with Crippen LogP contribution in [0, 0.1) is 0 Å². The van der Waals surface area contributed by atoms with E-state index in [2.05, 4.69) is 15.1 Å². The van der Waals surface area contributed by atoms with Crippen LogP contribution >= 0.6 is 0 Å². The summed E-state index contributed by atoms with van der Waals surface area (Å²) in [5.41, 5.74) is 3.96. The maximum atomic E-state index is 13.5. The standard InChI is InChI=1S/C29H28N6O4/c1-18-17-33(12-13-34(18)29(37)22-14-19-6-4-5-7-21(19)31-22)28(36)23-16-27-30-11-10-24(35(27)32-23)20-8-9-25(38-2)26(15-20)39-3/h4-11,14-16,18,31H,12-13,17H2,1-3H3/t18-/m0/s1. The number of carbonyl (C=O) groups excluding carboxylic acids is 2. The molecule has 5 aromatic rings. The fraction of sp³-hybridized carbons (Fsp3) is 0.241. The van der Waals surface area contributed by atoms with Gasteiger partial charge in [0.15, 0.2) is 22.8 Å². The molecule has 0 unspecified atom stereocenters. The van der Waals surface area contributed by atoms with Gasteiger partial charge in [-0.3, -0.25) is 9.59 Å². The van der Waals surface area contributed by atoms with Gasteiger partial charge in [0.05, 0.1) is 19.9 Å². The van der Waals surface area contributed by atoms with Crippen molar-refractivity contribution in [3.8, 4) is 22.8 Å². The zero-order valence-corrected chi connectivity index (χ0v) is 21.9. The van der Waals surface area contributed by atoms with E-state index in [4.69, 9.17) is 9.47 Å². The number of nitrogens with one attached hydrogen (secondary N) is 1. The number of rotatable bonds is 5. The van der Waals surface area contributed by atoms with Crippen molar-refractivity contribution in [3.05, 3.63) is 78.2 Å². The Labute approximate surface area is 224 Å². The molecule has 0 saturated carbocycles. The third-order valence-corrected chi connectivity index (χ3v) is 7.19. The van der Waals surface area contributed by atoms with E-state index in [1.807, 2.05) is 66.4 Å². The fourth-order valence-corrected chi connectivity index (χ4v) is 5.16. The monoisotopic (exact) mass is 524 g/mol. The number of hydrogen-bond acceptors (Lipinski definition) is 6. The number of carbonyl (C=O) groups is 2. The molecule has 1 aliphatic heterocycles. The molecular weight excluding hydrogens is 496 g/mol. The molecule has 0 bridgehead atoms. The van der Waals surface area contributed by atoms with Gasteiger partial charge in [0, 0.05) is 54.4 Å². The number of para-hydroxylation sites is 1. The molecule has 10 nitrogen and oxygen atoms in total. The van der Waals surface area contributed by atoms with Crippen molar-refractivity contribution in [2.75, 3.05) is 33.9 Å². The summed E-state index contributed by atoms with van der Waals surface area (Å²) in [5.74, 6) is 0.960. The molecule has 0 spiro atoms. The number of aromatic nitrogens is 4. The number of amides is 2. The molecule has 1 saturated heterocycles. The lowest BCUT2D eigenvalue weighted by atomic mass is 10.1. The highest BCUT2D eigenvalue weighted by atomic mass is 16.5. The van der Waals surface area contributed by atoms with Crippen LogP contribution in [0.25, 0.3) is 27.8 Å². The Kier molecular flexibility index (Phi) is 6.14. The molecule has 4 heterocycles. The minimum Gasteiger partial charge on any atom is -0.493 e. The second kappa shape index (κ2) is 9.79. The van der Waals surface area contributed by atoms with E-state index in [0.717, 1.165) is 22.2 Å². The maximum absolute atomic E-state index is 13.5. The molecule has 3 aromatic heterocycles. The molecule has 0 aliphatic carbocycles. The Morgan fingerprint density at radius 1 is 0.949 bits per heavy atom. The van der Waals surface area contributed by atoms with E-state index in [1.54, 1.807) is 35.9 Å². The van der Waals surface area contributed by atoms with Gasteiger partial charge in [-0.15, -0.1) is 0 Å². The van der Waals surface area contributed by atoms with Crippen LogP contribution < -0.4 is 9.47 Å². The van der Waals surface area contributed by atoms with Gasteiger partial charge in [0.1, 0.15) is 5.69 Å². The summed E-state index contributed by atoms with van der Waals surface area (Å²) in [5, 5.41) is 5.61. The van der Waals surface area contributed by atoms with Crippen LogP contribution in [0.3, 0.4) is 0 Å². The van der Waals surface area contributed by atoms with Gasteiger partial charge in [-0.05, 0) is 43.3 Å². The Bertz CT molecular complexity index is 1670. The molecule has 1 fully saturated rings. The SMILES string of the molecule is COc1ccc(-c2ccnc3cc(C(=O)N4CCN(C(=O)c5cc6ccccc6[nH]5)[C@@H](C)C4)nn23)cc1OC. The van der Waals surface area contributed by atoms with Crippen LogP contribution in [-0.2, 0) is 0 Å². The number of methoxy groups -OCH3 is 2. The molecule has 6 rings (SSSR count). The van der Waals surface area contributed by atoms with Gasteiger partial charge >= 0.3 is 0 Å². The molecular formula is C29H28N6O4. The molecule has 1 atom stereocenters. The van der Waals surface area contributed by atoms with E-state index in [1.165, 1.54) is 0 Å². The summed E-state index contributed by atoms with van der Waals surface area (Å²) in [6, 6.07) is 18.7. The summed E-state index contributed by atoms with van der Waals surface area (Å²) < 4.78 is 12.5. The summed E-state index contributed by atoms with van der Waals surface area (Å²) in [7, 11) is 3.18. The average molecular weight is 525 g/mol. The van der Waals surface area contributed by atoms with Gasteiger partial charge in [0.2, 0.25) is 0 Å². The van der Waals surface area contributed by atoms with Crippen molar-refractivity contribution in [2.45, 2.75) is 13.0 Å². The number of ether oxygens (including phenoxy) is 2. The second-order valence-electron chi connectivity index (χ2n) is 9.57. The zero-order chi connectivity index (χ0) is 27.1. The highest BCUT2D eigenvalue weighted by molar-refractivity contribution is 5.98. The van der Waals surface area contributed by atoms with Gasteiger partial charge in [0.25, 0.3) is 11.8 Å². The fourth-order valence-electron chi connectivity index (χ4n) is 5.16. The van der Waals surface area contributed by atoms with Crippen LogP contribution in [0.15, 0.2) is 66.9 Å². The summed E-state index contributed by atoms with van der Waals surface area (Å²) in [6.07, 6.45) is 1.69. The van der Waals surface area contributed by atoms with E-state index in [-0.39, 0.29) is 17.9 Å². The molecule has 198 valence electrons. The van der Waals surface area contributed by atoms with Crippen molar-refractivity contribution in [1.29, 1.82) is 0 Å². The minimum atomic E-state index is -0.191. The van der Waals surface area contributed by atoms with E-state index >= 15 is 0 Å². The smallest absolute Gasteiger partial charge is 0.274 e. The highest BCUT2D eigenvalue weighted by Crippen LogP contribution is 2.32. The van der Waals surface area contributed by atoms with Gasteiger partial charge < -0.3 is 24.3 Å². The van der Waals surface area contributed by atoms with Crippen LogP contribution in [0.1, 0.15) is 27.9 Å². The lowest BCUT2D eigenvalue weighted by Crippen LogP contribution is -2.55. The van der Waals surface area contributed by atoms with Crippen LogP contribution in [0.2, 0.25) is 0 Å². The number of fused-ring (bicyclic) bond motifs is 2. The topological polar surface area (TPSA) is 105 Å². The summed E-state index contributed by atoms with van der Waals surface area (Å²) >= 11 is 0. The Morgan fingerprint density at radius 2 is 1.77 bits per heavy atom. The van der Waals surface area contributed by atoms with Gasteiger partial charge in [-0.1, -0.05) is 18.2 Å².